The molecule has 0 aliphatic carbocycles. The summed E-state index contributed by atoms with van der Waals surface area (Å²) in [6.45, 7) is 4.27. The fourth-order valence-electron chi connectivity index (χ4n) is 1.80. The van der Waals surface area contributed by atoms with Crippen LogP contribution in [0.4, 0.5) is 10.8 Å². The predicted octanol–water partition coefficient (Wildman–Crippen LogP) is 4.45. The SMILES string of the molecule is CCOC(=O)CCc1csc(Nc2cccc(C)c2Br)n1. The Morgan fingerprint density at radius 2 is 2.29 bits per heavy atom. The van der Waals surface area contributed by atoms with Crippen LogP contribution in [-0.4, -0.2) is 17.6 Å². The molecule has 0 aliphatic heterocycles. The van der Waals surface area contributed by atoms with Gasteiger partial charge < -0.3 is 10.1 Å². The molecule has 0 spiro atoms. The number of benzene rings is 1. The van der Waals surface area contributed by atoms with Gasteiger partial charge in [0, 0.05) is 16.3 Å². The molecule has 21 heavy (non-hydrogen) atoms. The normalized spacial score (nSPS) is 10.4. The maximum absolute atomic E-state index is 11.3. The van der Waals surface area contributed by atoms with Gasteiger partial charge in [-0.05, 0) is 41.4 Å². The molecule has 0 radical (unpaired) electrons. The number of nitrogens with zero attached hydrogens (tertiary/aromatic N) is 1. The summed E-state index contributed by atoms with van der Waals surface area (Å²) in [5.74, 6) is -0.179. The average molecular weight is 369 g/mol. The van der Waals surface area contributed by atoms with E-state index in [1.165, 1.54) is 16.9 Å². The molecule has 0 atom stereocenters. The van der Waals surface area contributed by atoms with Gasteiger partial charge in [0.1, 0.15) is 0 Å². The van der Waals surface area contributed by atoms with E-state index in [1.54, 1.807) is 0 Å². The zero-order valence-electron chi connectivity index (χ0n) is 12.0. The third-order valence-electron chi connectivity index (χ3n) is 2.88. The Bertz CT molecular complexity index is 628. The van der Waals surface area contributed by atoms with Crippen LogP contribution in [0.3, 0.4) is 0 Å². The quantitative estimate of drug-likeness (QED) is 0.765. The van der Waals surface area contributed by atoms with Gasteiger partial charge in [0.25, 0.3) is 0 Å². The number of nitrogens with one attached hydrogen (secondary N) is 1. The van der Waals surface area contributed by atoms with E-state index in [4.69, 9.17) is 4.74 Å². The van der Waals surface area contributed by atoms with Gasteiger partial charge in [0.15, 0.2) is 5.13 Å². The molecule has 4 nitrogen and oxygen atoms in total. The number of halogens is 1. The molecule has 1 heterocycles. The molecule has 0 fully saturated rings. The van der Waals surface area contributed by atoms with Crippen molar-refractivity contribution < 1.29 is 9.53 Å². The lowest BCUT2D eigenvalue weighted by atomic mass is 10.2. The van der Waals surface area contributed by atoms with E-state index >= 15 is 0 Å². The smallest absolute Gasteiger partial charge is 0.306 e. The van der Waals surface area contributed by atoms with Crippen LogP contribution in [0, 0.1) is 6.92 Å². The second-order valence-corrected chi connectivity index (χ2v) is 6.16. The minimum absolute atomic E-state index is 0.179. The second-order valence-electron chi connectivity index (χ2n) is 4.51. The maximum Gasteiger partial charge on any atom is 0.306 e. The molecule has 0 bridgehead atoms. The standard InChI is InChI=1S/C15H17BrN2O2S/c1-3-20-13(19)8-7-11-9-21-15(17-11)18-12-6-4-5-10(2)14(12)16/h4-6,9H,3,7-8H2,1-2H3,(H,17,18). The van der Waals surface area contributed by atoms with E-state index in [0.29, 0.717) is 19.4 Å². The van der Waals surface area contributed by atoms with Crippen LogP contribution in [-0.2, 0) is 16.0 Å². The largest absolute Gasteiger partial charge is 0.466 e. The van der Waals surface area contributed by atoms with E-state index in [0.717, 1.165) is 21.0 Å². The summed E-state index contributed by atoms with van der Waals surface area (Å²) in [4.78, 5) is 15.8. The fourth-order valence-corrected chi connectivity index (χ4v) is 2.92. The highest BCUT2D eigenvalue weighted by Gasteiger charge is 2.08. The van der Waals surface area contributed by atoms with Crippen LogP contribution < -0.4 is 5.32 Å². The van der Waals surface area contributed by atoms with Gasteiger partial charge in [0.05, 0.1) is 24.4 Å². The molecule has 112 valence electrons. The van der Waals surface area contributed by atoms with Gasteiger partial charge in [0.2, 0.25) is 0 Å². The van der Waals surface area contributed by atoms with Crippen LogP contribution in [0.2, 0.25) is 0 Å². The third kappa shape index (κ3) is 4.54. The van der Waals surface area contributed by atoms with Crippen molar-refractivity contribution in [1.29, 1.82) is 0 Å². The summed E-state index contributed by atoms with van der Waals surface area (Å²) in [5.41, 5.74) is 3.06. The lowest BCUT2D eigenvalue weighted by Crippen LogP contribution is -2.05. The lowest BCUT2D eigenvalue weighted by Gasteiger charge is -2.07. The Labute approximate surface area is 136 Å². The Morgan fingerprint density at radius 3 is 3.05 bits per heavy atom. The van der Waals surface area contributed by atoms with Crippen molar-refractivity contribution in [3.8, 4) is 0 Å². The maximum atomic E-state index is 11.3. The number of rotatable bonds is 6. The van der Waals surface area contributed by atoms with Crippen molar-refractivity contribution in [3.05, 3.63) is 39.3 Å². The van der Waals surface area contributed by atoms with Crippen LogP contribution >= 0.6 is 27.3 Å². The van der Waals surface area contributed by atoms with Gasteiger partial charge in [-0.2, -0.15) is 0 Å². The van der Waals surface area contributed by atoms with Gasteiger partial charge in [-0.3, -0.25) is 4.79 Å². The number of hydrogen-bond acceptors (Lipinski definition) is 5. The second kappa shape index (κ2) is 7.56. The van der Waals surface area contributed by atoms with E-state index in [2.05, 4.69) is 26.2 Å². The van der Waals surface area contributed by atoms with Crippen molar-refractivity contribution >= 4 is 44.1 Å². The number of esters is 1. The molecular weight excluding hydrogens is 352 g/mol. The van der Waals surface area contributed by atoms with Gasteiger partial charge in [-0.25, -0.2) is 4.98 Å². The summed E-state index contributed by atoms with van der Waals surface area (Å²) in [7, 11) is 0. The minimum atomic E-state index is -0.179. The highest BCUT2D eigenvalue weighted by atomic mass is 79.9. The van der Waals surface area contributed by atoms with E-state index in [1.807, 2.05) is 37.4 Å². The van der Waals surface area contributed by atoms with Crippen molar-refractivity contribution in [2.24, 2.45) is 0 Å². The number of hydrogen-bond donors (Lipinski definition) is 1. The molecular formula is C15H17BrN2O2S. The van der Waals surface area contributed by atoms with Crippen molar-refractivity contribution in [3.63, 3.8) is 0 Å². The van der Waals surface area contributed by atoms with Gasteiger partial charge in [-0.1, -0.05) is 12.1 Å². The molecule has 1 aromatic heterocycles. The van der Waals surface area contributed by atoms with Crippen molar-refractivity contribution in [2.75, 3.05) is 11.9 Å². The number of aromatic nitrogens is 1. The number of aryl methyl sites for hydroxylation is 2. The fraction of sp³-hybridized carbons (Fsp3) is 0.333. The van der Waals surface area contributed by atoms with Gasteiger partial charge in [-0.15, -0.1) is 11.3 Å². The van der Waals surface area contributed by atoms with E-state index in [9.17, 15) is 4.79 Å². The Morgan fingerprint density at radius 1 is 1.48 bits per heavy atom. The molecule has 2 rings (SSSR count). The first kappa shape index (κ1) is 16.0. The number of thiazole rings is 1. The van der Waals surface area contributed by atoms with E-state index < -0.39 is 0 Å². The predicted molar refractivity (Wildman–Crippen MR) is 89.2 cm³/mol. The zero-order chi connectivity index (χ0) is 15.2. The van der Waals surface area contributed by atoms with Crippen molar-refractivity contribution in [2.45, 2.75) is 26.7 Å². The molecule has 6 heteroatoms. The van der Waals surface area contributed by atoms with Crippen LogP contribution in [0.5, 0.6) is 0 Å². The Hall–Kier alpha value is -1.40. The monoisotopic (exact) mass is 368 g/mol. The first-order chi connectivity index (χ1) is 10.1. The topological polar surface area (TPSA) is 51.2 Å². The number of carbonyl (C=O) groups excluding carboxylic acids is 1. The molecule has 1 N–H and O–H groups in total. The number of anilines is 2. The number of carbonyl (C=O) groups is 1. The first-order valence-electron chi connectivity index (χ1n) is 6.72. The summed E-state index contributed by atoms with van der Waals surface area (Å²) < 4.78 is 5.95. The van der Waals surface area contributed by atoms with E-state index in [-0.39, 0.29) is 5.97 Å². The molecule has 0 aliphatic rings. The third-order valence-corrected chi connectivity index (χ3v) is 4.73. The van der Waals surface area contributed by atoms with Crippen molar-refractivity contribution in [1.82, 2.24) is 4.98 Å². The summed E-state index contributed by atoms with van der Waals surface area (Å²) in [5, 5.41) is 6.07. The highest BCUT2D eigenvalue weighted by molar-refractivity contribution is 9.10. The average Bonchev–Trinajstić information content (AvgIpc) is 2.90. The summed E-state index contributed by atoms with van der Waals surface area (Å²) in [6, 6.07) is 6.04. The minimum Gasteiger partial charge on any atom is -0.466 e. The molecule has 0 saturated carbocycles. The molecule has 2 aromatic rings. The van der Waals surface area contributed by atoms with Gasteiger partial charge >= 0.3 is 5.97 Å². The summed E-state index contributed by atoms with van der Waals surface area (Å²) >= 11 is 5.09. The van der Waals surface area contributed by atoms with Crippen LogP contribution in [0.15, 0.2) is 28.1 Å². The molecule has 0 unspecified atom stereocenters. The molecule has 0 amide bonds. The lowest BCUT2D eigenvalue weighted by molar-refractivity contribution is -0.143. The highest BCUT2D eigenvalue weighted by Crippen LogP contribution is 2.30. The molecule has 0 saturated heterocycles. The van der Waals surface area contributed by atoms with Crippen LogP contribution in [0.25, 0.3) is 0 Å². The Kier molecular flexibility index (Phi) is 5.76. The Balaban J connectivity index is 1.97. The first-order valence-corrected chi connectivity index (χ1v) is 8.39. The summed E-state index contributed by atoms with van der Waals surface area (Å²) in [6.07, 6.45) is 0.969. The van der Waals surface area contributed by atoms with Crippen LogP contribution in [0.1, 0.15) is 24.6 Å². The number of ether oxygens (including phenoxy) is 1. The molecule has 1 aromatic carbocycles. The zero-order valence-corrected chi connectivity index (χ0v) is 14.4.